The van der Waals surface area contributed by atoms with Crippen molar-refractivity contribution in [3.63, 3.8) is 0 Å². The monoisotopic (exact) mass is 643 g/mol. The van der Waals surface area contributed by atoms with Gasteiger partial charge in [-0.1, -0.05) is 11.6 Å². The molecule has 0 fully saturated rings. The molecule has 1 aromatic carbocycles. The highest BCUT2D eigenvalue weighted by Crippen LogP contribution is 2.39. The number of hydrogen-bond donors (Lipinski definition) is 3. The van der Waals surface area contributed by atoms with Crippen molar-refractivity contribution < 1.29 is 27.6 Å². The van der Waals surface area contributed by atoms with Crippen molar-refractivity contribution in [1.82, 2.24) is 40.2 Å². The van der Waals surface area contributed by atoms with Gasteiger partial charge in [0.25, 0.3) is 5.91 Å². The summed E-state index contributed by atoms with van der Waals surface area (Å²) < 4.78 is 49.6. The van der Waals surface area contributed by atoms with Gasteiger partial charge in [-0.05, 0) is 57.6 Å². The molecule has 0 saturated heterocycles. The average molecular weight is 644 g/mol. The largest absolute Gasteiger partial charge is 0.494 e. The lowest BCUT2D eigenvalue weighted by molar-refractivity contribution is 0.0635. The number of pyridine rings is 1. The Morgan fingerprint density at radius 2 is 1.93 bits per heavy atom. The molecular weight excluding hydrogens is 607 g/mol. The van der Waals surface area contributed by atoms with E-state index in [-0.39, 0.29) is 46.9 Å². The number of halogens is 2. The zero-order valence-electron chi connectivity index (χ0n) is 28.4. The summed E-state index contributed by atoms with van der Waals surface area (Å²) >= 11 is 6.10. The number of aromatic nitrogens is 6. The number of hydrogen-bond acceptors (Lipinski definition) is 11. The van der Waals surface area contributed by atoms with Gasteiger partial charge in [0.05, 0.1) is 29.7 Å². The molecule has 0 aliphatic heterocycles. The molecule has 0 aliphatic rings. The van der Waals surface area contributed by atoms with Crippen molar-refractivity contribution in [2.45, 2.75) is 39.5 Å². The van der Waals surface area contributed by atoms with Crippen LogP contribution < -0.4 is 20.7 Å². The number of aryl methyl sites for hydroxylation is 1. The Kier molecular flexibility index (Phi) is 8.86. The number of nitrogens with zero attached hydrogens (tertiary/aromatic N) is 7. The number of anilines is 3. The van der Waals surface area contributed by atoms with Crippen LogP contribution in [0.1, 0.15) is 46.6 Å². The number of ether oxygens (including phenoxy) is 2. The van der Waals surface area contributed by atoms with Gasteiger partial charge >= 0.3 is 6.09 Å². The third-order valence-electron chi connectivity index (χ3n) is 5.98. The lowest BCUT2D eigenvalue weighted by atomic mass is 10.1. The van der Waals surface area contributed by atoms with Crippen molar-refractivity contribution in [1.29, 1.82) is 0 Å². The van der Waals surface area contributed by atoms with Crippen LogP contribution in [-0.4, -0.2) is 73.6 Å². The molecule has 14 nitrogen and oxygen atoms in total. The molecule has 238 valence electrons. The van der Waals surface area contributed by atoms with Crippen molar-refractivity contribution in [2.24, 2.45) is 7.05 Å². The van der Waals surface area contributed by atoms with E-state index in [2.05, 4.69) is 35.9 Å². The normalized spacial score (nSPS) is 12.6. The summed E-state index contributed by atoms with van der Waals surface area (Å²) in [7, 11) is 4.88. The highest BCUT2D eigenvalue weighted by Gasteiger charge is 2.22. The molecule has 0 aliphatic carbocycles. The smallest absolute Gasteiger partial charge is 0.413 e. The fraction of sp³-hybridized carbons (Fsp3) is 0.345. The SMILES string of the molecule is [2H]C([2H])([2H])NC(=O)c1nnc(Cl)cc1Nc1cc(CN(C)Cc2nc(NC(=O)OC(C)(C)C)ccc2F)cc(-c2ncn(C)n2)c1OC. The Hall–Kier alpha value is -4.89. The van der Waals surface area contributed by atoms with Crippen LogP contribution in [0.4, 0.5) is 26.4 Å². The fourth-order valence-corrected chi connectivity index (χ4v) is 4.40. The number of carbonyl (C=O) groups is 2. The van der Waals surface area contributed by atoms with Gasteiger partial charge in [-0.15, -0.1) is 10.2 Å². The Morgan fingerprint density at radius 1 is 1.16 bits per heavy atom. The topological polar surface area (TPSA) is 161 Å². The summed E-state index contributed by atoms with van der Waals surface area (Å²) in [6, 6.07) is 7.36. The molecule has 16 heteroatoms. The van der Waals surface area contributed by atoms with Gasteiger partial charge in [-0.3, -0.25) is 19.7 Å². The molecule has 3 aromatic heterocycles. The average Bonchev–Trinajstić information content (AvgIpc) is 3.38. The minimum absolute atomic E-state index is 0.0426. The van der Waals surface area contributed by atoms with E-state index in [0.717, 1.165) is 0 Å². The summed E-state index contributed by atoms with van der Waals surface area (Å²) in [6.45, 7) is 2.67. The van der Waals surface area contributed by atoms with E-state index in [1.807, 2.05) is 5.32 Å². The predicted molar refractivity (Wildman–Crippen MR) is 166 cm³/mol. The first-order chi connectivity index (χ1) is 22.4. The molecule has 0 atom stereocenters. The molecule has 0 unspecified atom stereocenters. The summed E-state index contributed by atoms with van der Waals surface area (Å²) in [6.07, 6.45) is 0.789. The van der Waals surface area contributed by atoms with E-state index in [1.54, 1.807) is 51.9 Å². The summed E-state index contributed by atoms with van der Waals surface area (Å²) in [5.74, 6) is -0.854. The van der Waals surface area contributed by atoms with Crippen molar-refractivity contribution in [3.05, 3.63) is 64.6 Å². The molecule has 2 amide bonds. The lowest BCUT2D eigenvalue weighted by Crippen LogP contribution is -2.27. The molecule has 4 aromatic rings. The zero-order chi connectivity index (χ0) is 35.4. The molecule has 3 heterocycles. The van der Waals surface area contributed by atoms with Crippen LogP contribution in [0.25, 0.3) is 11.4 Å². The molecule has 4 rings (SSSR count). The quantitative estimate of drug-likeness (QED) is 0.222. The van der Waals surface area contributed by atoms with Gasteiger partial charge in [-0.25, -0.2) is 19.2 Å². The molecule has 0 saturated carbocycles. The standard InChI is InChI=1S/C29H34ClFN10O4/c1-29(2,3)45-28(43)36-23-9-8-18(31)21(35-23)14-40(5)13-16-10-17(26-33-15-41(6)39-26)25(44-7)20(11-16)34-19-12-22(30)37-38-24(19)27(42)32-4/h8-12,15H,13-14H2,1-7H3,(H,32,42)(H,34,37)(H,35,36,43)/i4D3. The molecule has 3 N–H and O–H groups in total. The van der Waals surface area contributed by atoms with Crippen LogP contribution in [0.15, 0.2) is 36.7 Å². The number of methoxy groups -OCH3 is 1. The third-order valence-corrected chi connectivity index (χ3v) is 6.16. The molecule has 0 bridgehead atoms. The maximum atomic E-state index is 14.8. The van der Waals surface area contributed by atoms with Crippen molar-refractivity contribution in [2.75, 3.05) is 31.8 Å². The lowest BCUT2D eigenvalue weighted by Gasteiger charge is -2.21. The Balaban J connectivity index is 1.68. The molecule has 45 heavy (non-hydrogen) atoms. The summed E-state index contributed by atoms with van der Waals surface area (Å²) in [5, 5.41) is 19.3. The second-order valence-electron chi connectivity index (χ2n) is 10.9. The van der Waals surface area contributed by atoms with Crippen LogP contribution >= 0.6 is 11.6 Å². The van der Waals surface area contributed by atoms with Crippen LogP contribution in [0, 0.1) is 5.82 Å². The number of carbonyl (C=O) groups excluding carboxylic acids is 2. The highest BCUT2D eigenvalue weighted by atomic mass is 35.5. The molecular formula is C29H34ClFN10O4. The van der Waals surface area contributed by atoms with Crippen LogP contribution in [0.2, 0.25) is 5.15 Å². The van der Waals surface area contributed by atoms with Gasteiger partial charge in [0.15, 0.2) is 22.4 Å². The number of amides is 2. The van der Waals surface area contributed by atoms with E-state index in [9.17, 15) is 14.0 Å². The Morgan fingerprint density at radius 3 is 2.60 bits per heavy atom. The van der Waals surface area contributed by atoms with Gasteiger partial charge in [0.2, 0.25) is 0 Å². The van der Waals surface area contributed by atoms with Gasteiger partial charge < -0.3 is 20.1 Å². The van der Waals surface area contributed by atoms with Crippen molar-refractivity contribution >= 4 is 40.8 Å². The van der Waals surface area contributed by atoms with Crippen LogP contribution in [0.5, 0.6) is 5.75 Å². The van der Waals surface area contributed by atoms with Gasteiger partial charge in [0.1, 0.15) is 23.6 Å². The Labute approximate surface area is 268 Å². The highest BCUT2D eigenvalue weighted by molar-refractivity contribution is 6.29. The first-order valence-corrected chi connectivity index (χ1v) is 13.8. The van der Waals surface area contributed by atoms with Crippen molar-refractivity contribution in [3.8, 4) is 17.1 Å². The Bertz CT molecular complexity index is 1820. The molecule has 0 spiro atoms. The predicted octanol–water partition coefficient (Wildman–Crippen LogP) is 4.55. The zero-order valence-corrected chi connectivity index (χ0v) is 26.2. The van der Waals surface area contributed by atoms with E-state index in [0.29, 0.717) is 22.6 Å². The minimum atomic E-state index is -2.78. The summed E-state index contributed by atoms with van der Waals surface area (Å²) in [4.78, 5) is 35.4. The third kappa shape index (κ3) is 8.61. The first-order valence-electron chi connectivity index (χ1n) is 14.9. The van der Waals surface area contributed by atoms with Crippen LogP contribution in [-0.2, 0) is 24.9 Å². The number of rotatable bonds is 10. The maximum Gasteiger partial charge on any atom is 0.413 e. The second kappa shape index (κ2) is 13.8. The van der Waals surface area contributed by atoms with Gasteiger partial charge in [0, 0.05) is 37.3 Å². The van der Waals surface area contributed by atoms with Gasteiger partial charge in [-0.2, -0.15) is 5.10 Å². The maximum absolute atomic E-state index is 14.8. The number of nitrogens with one attached hydrogen (secondary N) is 3. The minimum Gasteiger partial charge on any atom is -0.494 e. The fourth-order valence-electron chi connectivity index (χ4n) is 4.25. The van der Waals surface area contributed by atoms with E-state index in [4.69, 9.17) is 25.2 Å². The van der Waals surface area contributed by atoms with E-state index >= 15 is 0 Å². The van der Waals surface area contributed by atoms with Crippen LogP contribution in [0.3, 0.4) is 0 Å². The molecule has 0 radical (unpaired) electrons. The van der Waals surface area contributed by atoms with E-state index in [1.165, 1.54) is 36.3 Å². The van der Waals surface area contributed by atoms with E-state index < -0.39 is 30.4 Å². The summed E-state index contributed by atoms with van der Waals surface area (Å²) in [5.41, 5.74) is 0.529. The first kappa shape index (κ1) is 28.9. The number of benzene rings is 1. The second-order valence-corrected chi connectivity index (χ2v) is 11.3.